The third kappa shape index (κ3) is 75.9. The number of esters is 4. The summed E-state index contributed by atoms with van der Waals surface area (Å²) in [5.41, 5.74) is 0. The number of hydrogen-bond acceptors (Lipinski definition) is 15. The molecule has 0 rings (SSSR count). The highest BCUT2D eigenvalue weighted by atomic mass is 31.2. The van der Waals surface area contributed by atoms with Gasteiger partial charge in [-0.25, -0.2) is 9.13 Å². The van der Waals surface area contributed by atoms with Gasteiger partial charge in [0.05, 0.1) is 26.4 Å². The Morgan fingerprint density at radius 2 is 0.471 bits per heavy atom. The van der Waals surface area contributed by atoms with E-state index in [1.807, 2.05) is 0 Å². The summed E-state index contributed by atoms with van der Waals surface area (Å²) in [6.45, 7) is 4.74. The molecule has 0 heterocycles. The minimum atomic E-state index is -4.99. The lowest BCUT2D eigenvalue weighted by molar-refractivity contribution is -0.161. The van der Waals surface area contributed by atoms with Gasteiger partial charge in [-0.1, -0.05) is 272 Å². The van der Waals surface area contributed by atoms with Crippen LogP contribution in [0.3, 0.4) is 0 Å². The maximum atomic E-state index is 13.1. The Labute approximate surface area is 632 Å². The molecule has 5 atom stereocenters. The minimum Gasteiger partial charge on any atom is -0.462 e. The normalized spacial score (nSPS) is 14.4. The van der Waals surface area contributed by atoms with Crippen LogP contribution in [0, 0.1) is 0 Å². The molecule has 3 N–H and O–H groups in total. The summed E-state index contributed by atoms with van der Waals surface area (Å²) in [6, 6.07) is 0. The molecule has 0 amide bonds. The maximum absolute atomic E-state index is 13.1. The van der Waals surface area contributed by atoms with Gasteiger partial charge in [0.2, 0.25) is 0 Å². The van der Waals surface area contributed by atoms with Crippen molar-refractivity contribution < 1.29 is 80.2 Å². The number of allylic oxidation sites excluding steroid dienone is 18. The molecule has 0 saturated carbocycles. The first-order chi connectivity index (χ1) is 50.7. The Kier molecular flexibility index (Phi) is 73.7. The van der Waals surface area contributed by atoms with E-state index in [0.717, 1.165) is 193 Å². The predicted molar refractivity (Wildman–Crippen MR) is 427 cm³/mol. The molecule has 0 aliphatic rings. The van der Waals surface area contributed by atoms with Gasteiger partial charge in [-0.05, 0) is 161 Å². The summed E-state index contributed by atoms with van der Waals surface area (Å²) in [4.78, 5) is 73.1. The third-order valence-electron chi connectivity index (χ3n) is 17.2. The average Bonchev–Trinajstić information content (AvgIpc) is 0.918. The van der Waals surface area contributed by atoms with Crippen molar-refractivity contribution in [2.24, 2.45) is 0 Å². The first-order valence-corrected chi connectivity index (χ1v) is 44.1. The molecule has 0 aliphatic heterocycles. The van der Waals surface area contributed by atoms with Crippen LogP contribution in [0.1, 0.15) is 349 Å². The topological polar surface area (TPSA) is 237 Å². The highest BCUT2D eigenvalue weighted by Gasteiger charge is 2.30. The summed E-state index contributed by atoms with van der Waals surface area (Å²) >= 11 is 0. The van der Waals surface area contributed by atoms with E-state index in [1.54, 1.807) is 0 Å². The van der Waals surface area contributed by atoms with Gasteiger partial charge in [-0.15, -0.1) is 0 Å². The van der Waals surface area contributed by atoms with Crippen molar-refractivity contribution in [3.63, 3.8) is 0 Å². The van der Waals surface area contributed by atoms with Gasteiger partial charge in [-0.3, -0.25) is 37.3 Å². The fourth-order valence-corrected chi connectivity index (χ4v) is 12.4. The summed E-state index contributed by atoms with van der Waals surface area (Å²) in [5, 5.41) is 10.7. The Balaban J connectivity index is 5.39. The summed E-state index contributed by atoms with van der Waals surface area (Å²) in [6.07, 6.45) is 83.3. The maximum Gasteiger partial charge on any atom is 0.472 e. The number of phosphoric acid groups is 2. The number of aliphatic hydroxyl groups excluding tert-OH is 1. The largest absolute Gasteiger partial charge is 0.472 e. The fourth-order valence-electron chi connectivity index (χ4n) is 10.8. The van der Waals surface area contributed by atoms with Gasteiger partial charge in [0.15, 0.2) is 12.2 Å². The quantitative estimate of drug-likeness (QED) is 0.0169. The van der Waals surface area contributed by atoms with Crippen molar-refractivity contribution in [1.82, 2.24) is 0 Å². The number of carbonyl (C=O) groups excluding carboxylic acids is 4. The van der Waals surface area contributed by atoms with Gasteiger partial charge in [0.1, 0.15) is 19.3 Å². The number of ether oxygens (including phenoxy) is 4. The summed E-state index contributed by atoms with van der Waals surface area (Å²) in [7, 11) is -9.97. The predicted octanol–water partition coefficient (Wildman–Crippen LogP) is 24.1. The van der Waals surface area contributed by atoms with Gasteiger partial charge < -0.3 is 33.8 Å². The molecule has 104 heavy (non-hydrogen) atoms. The van der Waals surface area contributed by atoms with Crippen LogP contribution in [-0.4, -0.2) is 96.7 Å². The number of phosphoric ester groups is 2. The van der Waals surface area contributed by atoms with Crippen LogP contribution in [-0.2, 0) is 65.4 Å². The Morgan fingerprint density at radius 1 is 0.269 bits per heavy atom. The smallest absolute Gasteiger partial charge is 0.462 e. The van der Waals surface area contributed by atoms with Crippen molar-refractivity contribution in [2.45, 2.75) is 367 Å². The van der Waals surface area contributed by atoms with Crippen molar-refractivity contribution in [3.05, 3.63) is 109 Å². The monoisotopic (exact) mass is 1500 g/mol. The lowest BCUT2D eigenvalue weighted by atomic mass is 10.1. The second-order valence-corrected chi connectivity index (χ2v) is 30.3. The van der Waals surface area contributed by atoms with Gasteiger partial charge >= 0.3 is 39.5 Å². The van der Waals surface area contributed by atoms with Crippen LogP contribution < -0.4 is 0 Å². The molecule has 600 valence electrons. The second-order valence-electron chi connectivity index (χ2n) is 27.3. The summed E-state index contributed by atoms with van der Waals surface area (Å²) < 4.78 is 68.7. The molecule has 0 spiro atoms. The first kappa shape index (κ1) is 99.7. The zero-order valence-corrected chi connectivity index (χ0v) is 67.5. The molecule has 0 aliphatic carbocycles. The molecule has 0 aromatic carbocycles. The van der Waals surface area contributed by atoms with Crippen LogP contribution in [0.2, 0.25) is 0 Å². The average molecular weight is 1500 g/mol. The SMILES string of the molecule is CCCCC/C=C\C/C=C\C/C=C\CCCCCCCCC(=O)OCC(COP(=O)(O)OCC(O)COP(=O)(O)OCC(COC(=O)CCCCCCC/C=C\C/C=C\CCCCC)OC(=O)CCCCCCC/C=C\C/C=C\CCCCC)OC(=O)CCCCCCC/C=C\C/C=C\CCCCC. The van der Waals surface area contributed by atoms with Crippen molar-refractivity contribution in [2.75, 3.05) is 39.6 Å². The van der Waals surface area contributed by atoms with E-state index < -0.39 is 97.5 Å². The van der Waals surface area contributed by atoms with E-state index in [4.69, 9.17) is 37.0 Å². The van der Waals surface area contributed by atoms with Gasteiger partial charge in [0, 0.05) is 25.7 Å². The lowest BCUT2D eigenvalue weighted by Gasteiger charge is -2.21. The molecule has 0 aromatic rings. The molecule has 0 aromatic heterocycles. The van der Waals surface area contributed by atoms with Crippen LogP contribution in [0.4, 0.5) is 0 Å². The van der Waals surface area contributed by atoms with Crippen molar-refractivity contribution in [1.29, 1.82) is 0 Å². The fraction of sp³-hybridized carbons (Fsp3) is 0.741. The number of carbonyl (C=O) groups is 4. The lowest BCUT2D eigenvalue weighted by Crippen LogP contribution is -2.30. The second kappa shape index (κ2) is 76.9. The van der Waals surface area contributed by atoms with E-state index in [9.17, 15) is 43.2 Å². The van der Waals surface area contributed by atoms with Crippen molar-refractivity contribution in [3.8, 4) is 0 Å². The van der Waals surface area contributed by atoms with E-state index >= 15 is 0 Å². The van der Waals surface area contributed by atoms with Crippen molar-refractivity contribution >= 4 is 39.5 Å². The van der Waals surface area contributed by atoms with E-state index in [1.165, 1.54) is 77.0 Å². The highest BCUT2D eigenvalue weighted by molar-refractivity contribution is 7.47. The molecule has 17 nitrogen and oxygen atoms in total. The Hall–Kier alpha value is -4.28. The molecule has 0 radical (unpaired) electrons. The van der Waals surface area contributed by atoms with Crippen LogP contribution in [0.25, 0.3) is 0 Å². The number of hydrogen-bond donors (Lipinski definition) is 3. The zero-order chi connectivity index (χ0) is 76.0. The molecule has 0 fully saturated rings. The van der Waals surface area contributed by atoms with E-state index in [-0.39, 0.29) is 25.7 Å². The number of aliphatic hydroxyl groups is 1. The van der Waals surface area contributed by atoms with Gasteiger partial charge in [0.25, 0.3) is 0 Å². The molecule has 0 bridgehead atoms. The Bertz CT molecular complexity index is 2390. The summed E-state index contributed by atoms with van der Waals surface area (Å²) in [5.74, 6) is -2.22. The van der Waals surface area contributed by atoms with Gasteiger partial charge in [-0.2, -0.15) is 0 Å². The number of rotatable bonds is 77. The zero-order valence-electron chi connectivity index (χ0n) is 65.7. The minimum absolute atomic E-state index is 0.0747. The molecule has 0 saturated heterocycles. The van der Waals surface area contributed by atoms with Crippen LogP contribution in [0.15, 0.2) is 109 Å². The third-order valence-corrected chi connectivity index (χ3v) is 19.1. The molecule has 5 unspecified atom stereocenters. The van der Waals surface area contributed by atoms with E-state index in [2.05, 4.69) is 137 Å². The molecular formula is C85H148O17P2. The molecular weight excluding hydrogens is 1350 g/mol. The highest BCUT2D eigenvalue weighted by Crippen LogP contribution is 2.45. The standard InChI is InChI=1S/C85H148O17P2/c1-5-9-13-17-21-25-29-33-37-38-39-40-44-46-50-54-58-62-66-70-83(88)96-76-81(102-85(90)72-68-64-60-56-52-48-43-36-32-28-24-20-16-12-8-4)78-100-104(93,94)98-74-79(86)73-97-103(91,92)99-77-80(101-84(89)71-67-63-59-55-51-47-42-35-31-27-23-19-15-11-7-3)75-95-82(87)69-65-61-57-53-49-45-41-34-30-26-22-18-14-10-6-2/h21-28,33-37,39-43,79-81,86H,5-20,29-32,38,44-78H2,1-4H3,(H,91,92)(H,93,94)/b25-21-,26-22-,27-23-,28-24-,37-33-,40-39-,41-34-,42-35-,43-36-. The Morgan fingerprint density at radius 3 is 0.721 bits per heavy atom. The van der Waals surface area contributed by atoms with Crippen LogP contribution in [0.5, 0.6) is 0 Å². The molecule has 19 heteroatoms. The van der Waals surface area contributed by atoms with Crippen LogP contribution >= 0.6 is 15.6 Å². The van der Waals surface area contributed by atoms with E-state index in [0.29, 0.717) is 25.7 Å². The first-order valence-electron chi connectivity index (χ1n) is 41.1. The number of unbranched alkanes of at least 4 members (excludes halogenated alkanes) is 33.